The summed E-state index contributed by atoms with van der Waals surface area (Å²) in [6, 6.07) is 18.0. The number of sulfonamides is 1. The van der Waals surface area contributed by atoms with E-state index >= 15 is 0 Å². The van der Waals surface area contributed by atoms with Crippen molar-refractivity contribution in [2.75, 3.05) is 24.1 Å². The van der Waals surface area contributed by atoms with Gasteiger partial charge in [0, 0.05) is 5.02 Å². The first kappa shape index (κ1) is 23.9. The van der Waals surface area contributed by atoms with Crippen LogP contribution in [0.25, 0.3) is 0 Å². The number of nitrogens with one attached hydrogen (secondary N) is 1. The summed E-state index contributed by atoms with van der Waals surface area (Å²) < 4.78 is 39.3. The number of anilines is 1. The average molecular weight is 501 g/mol. The van der Waals surface area contributed by atoms with Crippen LogP contribution in [0.15, 0.2) is 71.6 Å². The van der Waals surface area contributed by atoms with Gasteiger partial charge in [-0.2, -0.15) is 0 Å². The predicted molar refractivity (Wildman–Crippen MR) is 131 cm³/mol. The summed E-state index contributed by atoms with van der Waals surface area (Å²) in [4.78, 5) is 13.2. The predicted octanol–water partition coefficient (Wildman–Crippen LogP) is 4.49. The quantitative estimate of drug-likeness (QED) is 0.516. The summed E-state index contributed by atoms with van der Waals surface area (Å²) >= 11 is 6.08. The summed E-state index contributed by atoms with van der Waals surface area (Å²) in [5.74, 6) is 0.832. The molecule has 34 heavy (non-hydrogen) atoms. The molecule has 1 aliphatic rings. The lowest BCUT2D eigenvalue weighted by molar-refractivity contribution is -0.120. The Morgan fingerprint density at radius 1 is 1.03 bits per heavy atom. The number of benzene rings is 3. The molecule has 1 aliphatic heterocycles. The third-order valence-corrected chi connectivity index (χ3v) is 7.50. The van der Waals surface area contributed by atoms with Crippen LogP contribution >= 0.6 is 11.6 Å². The zero-order chi connectivity index (χ0) is 24.3. The Labute approximate surface area is 204 Å². The van der Waals surface area contributed by atoms with Gasteiger partial charge in [0.05, 0.1) is 16.6 Å². The summed E-state index contributed by atoms with van der Waals surface area (Å²) in [5, 5.41) is 3.37. The second-order valence-electron chi connectivity index (χ2n) is 7.95. The summed E-state index contributed by atoms with van der Waals surface area (Å²) in [7, 11) is -4.00. The third-order valence-electron chi connectivity index (χ3n) is 5.49. The summed E-state index contributed by atoms with van der Waals surface area (Å²) in [6.07, 6.45) is 0. The SMILES string of the molecule is Cc1cc(Cl)ccc1N(CC(=O)NC(C)c1ccc2c(c1)OCCO2)S(=O)(=O)c1ccccc1. The molecule has 3 aromatic rings. The molecule has 1 atom stereocenters. The van der Waals surface area contributed by atoms with Crippen molar-refractivity contribution in [3.05, 3.63) is 82.9 Å². The summed E-state index contributed by atoms with van der Waals surface area (Å²) in [5.41, 5.74) is 1.84. The number of fused-ring (bicyclic) bond motifs is 1. The first-order valence-corrected chi connectivity index (χ1v) is 12.6. The van der Waals surface area contributed by atoms with Gasteiger partial charge in [-0.1, -0.05) is 35.9 Å². The highest BCUT2D eigenvalue weighted by Crippen LogP contribution is 2.33. The van der Waals surface area contributed by atoms with Crippen LogP contribution in [0, 0.1) is 6.92 Å². The van der Waals surface area contributed by atoms with Crippen molar-refractivity contribution < 1.29 is 22.7 Å². The highest BCUT2D eigenvalue weighted by atomic mass is 35.5. The van der Waals surface area contributed by atoms with Crippen molar-refractivity contribution in [3.8, 4) is 11.5 Å². The molecule has 0 fully saturated rings. The molecule has 1 heterocycles. The highest BCUT2D eigenvalue weighted by molar-refractivity contribution is 7.92. The van der Waals surface area contributed by atoms with Crippen molar-refractivity contribution in [1.82, 2.24) is 5.32 Å². The van der Waals surface area contributed by atoms with Gasteiger partial charge in [-0.15, -0.1) is 0 Å². The number of ether oxygens (including phenoxy) is 2. The number of halogens is 1. The van der Waals surface area contributed by atoms with Crippen LogP contribution in [0.3, 0.4) is 0 Å². The van der Waals surface area contributed by atoms with E-state index in [9.17, 15) is 13.2 Å². The smallest absolute Gasteiger partial charge is 0.264 e. The van der Waals surface area contributed by atoms with Crippen LogP contribution in [-0.4, -0.2) is 34.1 Å². The molecular formula is C25H25ClN2O5S. The fourth-order valence-corrected chi connectivity index (χ4v) is 5.48. The minimum atomic E-state index is -4.00. The molecule has 0 radical (unpaired) electrons. The number of hydrogen-bond acceptors (Lipinski definition) is 5. The van der Waals surface area contributed by atoms with Gasteiger partial charge < -0.3 is 14.8 Å². The van der Waals surface area contributed by atoms with Crippen LogP contribution < -0.4 is 19.1 Å². The molecule has 1 unspecified atom stereocenters. The minimum Gasteiger partial charge on any atom is -0.486 e. The van der Waals surface area contributed by atoms with E-state index in [0.717, 1.165) is 9.87 Å². The van der Waals surface area contributed by atoms with Crippen molar-refractivity contribution in [3.63, 3.8) is 0 Å². The van der Waals surface area contributed by atoms with Crippen molar-refractivity contribution in [2.24, 2.45) is 0 Å². The Morgan fingerprint density at radius 2 is 1.74 bits per heavy atom. The number of carbonyl (C=O) groups excluding carboxylic acids is 1. The zero-order valence-corrected chi connectivity index (χ0v) is 20.4. The Morgan fingerprint density at radius 3 is 2.44 bits per heavy atom. The Kier molecular flexibility index (Phi) is 7.00. The molecule has 3 aromatic carbocycles. The topological polar surface area (TPSA) is 84.9 Å². The van der Waals surface area contributed by atoms with Gasteiger partial charge in [0.25, 0.3) is 10.0 Å². The number of hydrogen-bond donors (Lipinski definition) is 1. The molecule has 7 nitrogen and oxygen atoms in total. The van der Waals surface area contributed by atoms with Crippen LogP contribution in [0.2, 0.25) is 5.02 Å². The molecule has 0 spiro atoms. The number of carbonyl (C=O) groups is 1. The second-order valence-corrected chi connectivity index (χ2v) is 10.2. The molecule has 0 aromatic heterocycles. The first-order chi connectivity index (χ1) is 16.3. The number of nitrogens with zero attached hydrogens (tertiary/aromatic N) is 1. The lowest BCUT2D eigenvalue weighted by Gasteiger charge is -2.27. The zero-order valence-electron chi connectivity index (χ0n) is 18.8. The lowest BCUT2D eigenvalue weighted by atomic mass is 10.1. The maximum atomic E-state index is 13.5. The van der Waals surface area contributed by atoms with Crippen LogP contribution in [0.1, 0.15) is 24.1 Å². The molecular weight excluding hydrogens is 476 g/mol. The Hall–Kier alpha value is -3.23. The molecule has 4 rings (SSSR count). The van der Waals surface area contributed by atoms with Gasteiger partial charge in [-0.3, -0.25) is 9.10 Å². The molecule has 0 aliphatic carbocycles. The van der Waals surface area contributed by atoms with E-state index in [1.807, 2.05) is 19.1 Å². The first-order valence-electron chi connectivity index (χ1n) is 10.8. The fourth-order valence-electron chi connectivity index (χ4n) is 3.75. The second kappa shape index (κ2) is 9.95. The molecule has 0 saturated heterocycles. The maximum Gasteiger partial charge on any atom is 0.264 e. The largest absolute Gasteiger partial charge is 0.486 e. The van der Waals surface area contributed by atoms with E-state index < -0.39 is 22.5 Å². The molecule has 0 bridgehead atoms. The van der Waals surface area contributed by atoms with E-state index in [2.05, 4.69) is 5.32 Å². The monoisotopic (exact) mass is 500 g/mol. The van der Waals surface area contributed by atoms with Crippen molar-refractivity contribution in [2.45, 2.75) is 24.8 Å². The normalized spacial score (nSPS) is 13.7. The molecule has 1 amide bonds. The van der Waals surface area contributed by atoms with Gasteiger partial charge in [-0.05, 0) is 67.4 Å². The highest BCUT2D eigenvalue weighted by Gasteiger charge is 2.29. The molecule has 9 heteroatoms. The van der Waals surface area contributed by atoms with Crippen LogP contribution in [0.5, 0.6) is 11.5 Å². The average Bonchev–Trinajstić information content (AvgIpc) is 2.83. The standard InChI is InChI=1S/C25H25ClN2O5S/c1-17-14-20(26)9-10-22(17)28(34(30,31)21-6-4-3-5-7-21)16-25(29)27-18(2)19-8-11-23-24(15-19)33-13-12-32-23/h3-11,14-15,18H,12-13,16H2,1-2H3,(H,27,29). The lowest BCUT2D eigenvalue weighted by Crippen LogP contribution is -2.41. The third kappa shape index (κ3) is 5.13. The molecule has 1 N–H and O–H groups in total. The van der Waals surface area contributed by atoms with Gasteiger partial charge in [0.2, 0.25) is 5.91 Å². The van der Waals surface area contributed by atoms with Gasteiger partial charge in [-0.25, -0.2) is 8.42 Å². The maximum absolute atomic E-state index is 13.5. The Bertz CT molecular complexity index is 1300. The number of rotatable bonds is 7. The Balaban J connectivity index is 1.59. The van der Waals surface area contributed by atoms with Crippen LogP contribution in [-0.2, 0) is 14.8 Å². The fraction of sp³-hybridized carbons (Fsp3) is 0.240. The van der Waals surface area contributed by atoms with E-state index in [4.69, 9.17) is 21.1 Å². The van der Waals surface area contributed by atoms with Crippen LogP contribution in [0.4, 0.5) is 5.69 Å². The van der Waals surface area contributed by atoms with Gasteiger partial charge in [0.15, 0.2) is 11.5 Å². The van der Waals surface area contributed by atoms with E-state index in [0.29, 0.717) is 41.0 Å². The number of aryl methyl sites for hydroxylation is 1. The minimum absolute atomic E-state index is 0.0945. The van der Waals surface area contributed by atoms with Crippen molar-refractivity contribution >= 4 is 33.2 Å². The van der Waals surface area contributed by atoms with Crippen molar-refractivity contribution in [1.29, 1.82) is 0 Å². The molecule has 178 valence electrons. The molecule has 0 saturated carbocycles. The summed E-state index contributed by atoms with van der Waals surface area (Å²) in [6.45, 7) is 4.14. The van der Waals surface area contributed by atoms with E-state index in [-0.39, 0.29) is 10.9 Å². The van der Waals surface area contributed by atoms with Gasteiger partial charge in [0.1, 0.15) is 19.8 Å². The van der Waals surface area contributed by atoms with Gasteiger partial charge >= 0.3 is 0 Å². The number of amides is 1. The van der Waals surface area contributed by atoms with E-state index in [1.54, 1.807) is 49.4 Å². The van der Waals surface area contributed by atoms with E-state index in [1.165, 1.54) is 12.1 Å².